The van der Waals surface area contributed by atoms with Crippen LogP contribution in [-0.2, 0) is 12.8 Å². The lowest BCUT2D eigenvalue weighted by Crippen LogP contribution is -2.36. The molecule has 0 aliphatic carbocycles. The minimum atomic E-state index is -0.380. The average molecular weight is 296 g/mol. The number of aliphatic hydroxyl groups excluding tert-OH is 1. The molecule has 2 aromatic carbocycles. The van der Waals surface area contributed by atoms with Crippen LogP contribution in [0.5, 0.6) is 0 Å². The second-order valence-electron chi connectivity index (χ2n) is 6.28. The first-order valence-electron chi connectivity index (χ1n) is 7.91. The quantitative estimate of drug-likeness (QED) is 0.940. The lowest BCUT2D eigenvalue weighted by atomic mass is 10.0. The van der Waals surface area contributed by atoms with Crippen molar-refractivity contribution in [3.63, 3.8) is 0 Å². The molecule has 0 saturated heterocycles. The molecule has 2 aromatic rings. The Bertz CT molecular complexity index is 591. The van der Waals surface area contributed by atoms with Crippen LogP contribution in [0, 0.1) is 0 Å². The van der Waals surface area contributed by atoms with Gasteiger partial charge in [0.05, 0.1) is 12.6 Å². The third kappa shape index (κ3) is 3.16. The Hall–Kier alpha value is -1.84. The Morgan fingerprint density at radius 3 is 1.95 bits per heavy atom. The van der Waals surface area contributed by atoms with Crippen LogP contribution >= 0.6 is 0 Å². The molecule has 3 nitrogen and oxygen atoms in total. The Morgan fingerprint density at radius 2 is 1.45 bits per heavy atom. The molecular weight excluding hydrogens is 272 g/mol. The van der Waals surface area contributed by atoms with Crippen molar-refractivity contribution in [2.45, 2.75) is 18.9 Å². The van der Waals surface area contributed by atoms with Crippen LogP contribution < -0.4 is 4.90 Å². The van der Waals surface area contributed by atoms with E-state index in [0.29, 0.717) is 13.1 Å². The number of aliphatic hydroxyl groups is 1. The summed E-state index contributed by atoms with van der Waals surface area (Å²) in [5.74, 6) is 0. The van der Waals surface area contributed by atoms with Gasteiger partial charge in [0.25, 0.3) is 0 Å². The van der Waals surface area contributed by atoms with Gasteiger partial charge in [-0.3, -0.25) is 0 Å². The normalized spacial score (nSPS) is 15.2. The Kier molecular flexibility index (Phi) is 4.46. The summed E-state index contributed by atoms with van der Waals surface area (Å²) in [7, 11) is 3.99. The maximum absolute atomic E-state index is 10.4. The number of hydrogen-bond donors (Lipinski definition) is 1. The number of rotatable bonds is 4. The number of aryl methyl sites for hydroxylation is 2. The molecular formula is C19H24N2O. The first-order valence-corrected chi connectivity index (χ1v) is 7.91. The van der Waals surface area contributed by atoms with Gasteiger partial charge in [-0.15, -0.1) is 0 Å². The van der Waals surface area contributed by atoms with E-state index in [2.05, 4.69) is 53.4 Å². The van der Waals surface area contributed by atoms with Crippen LogP contribution in [0.2, 0.25) is 0 Å². The molecule has 1 atom stereocenters. The summed E-state index contributed by atoms with van der Waals surface area (Å²) in [5, 5.41) is 10.4. The third-order valence-electron chi connectivity index (χ3n) is 4.20. The fourth-order valence-electron chi connectivity index (χ4n) is 3.26. The van der Waals surface area contributed by atoms with Gasteiger partial charge in [0.2, 0.25) is 0 Å². The Balaban J connectivity index is 1.99. The second kappa shape index (κ2) is 6.51. The number of β-amino-alcohol motifs (C(OH)–C–C–N with tert-alkyl or cyclic N) is 1. The van der Waals surface area contributed by atoms with Gasteiger partial charge in [-0.1, -0.05) is 36.4 Å². The third-order valence-corrected chi connectivity index (χ3v) is 4.20. The minimum Gasteiger partial charge on any atom is -0.390 e. The number of likely N-dealkylation sites (N-methyl/N-ethyl adjacent to an activating group) is 1. The van der Waals surface area contributed by atoms with Crippen LogP contribution in [0.25, 0.3) is 0 Å². The van der Waals surface area contributed by atoms with Crippen LogP contribution in [0.1, 0.15) is 11.1 Å². The molecule has 0 fully saturated rings. The van der Waals surface area contributed by atoms with Crippen molar-refractivity contribution >= 4 is 11.4 Å². The summed E-state index contributed by atoms with van der Waals surface area (Å²) in [6, 6.07) is 17.1. The predicted octanol–water partition coefficient (Wildman–Crippen LogP) is 2.85. The minimum absolute atomic E-state index is 0.380. The molecule has 0 amide bonds. The van der Waals surface area contributed by atoms with Gasteiger partial charge in [-0.2, -0.15) is 0 Å². The van der Waals surface area contributed by atoms with Crippen molar-refractivity contribution < 1.29 is 5.11 Å². The highest BCUT2D eigenvalue weighted by Crippen LogP contribution is 2.35. The lowest BCUT2D eigenvalue weighted by molar-refractivity contribution is 0.144. The van der Waals surface area contributed by atoms with Crippen LogP contribution in [0.3, 0.4) is 0 Å². The first kappa shape index (κ1) is 15.1. The molecule has 0 saturated carbocycles. The van der Waals surface area contributed by atoms with Crippen molar-refractivity contribution in [3.8, 4) is 0 Å². The van der Waals surface area contributed by atoms with E-state index in [1.165, 1.54) is 22.5 Å². The highest BCUT2D eigenvalue weighted by atomic mass is 16.3. The molecule has 1 aliphatic rings. The summed E-state index contributed by atoms with van der Waals surface area (Å²) in [5.41, 5.74) is 5.17. The van der Waals surface area contributed by atoms with Crippen molar-refractivity contribution in [3.05, 3.63) is 59.7 Å². The van der Waals surface area contributed by atoms with Gasteiger partial charge in [0, 0.05) is 17.9 Å². The maximum atomic E-state index is 10.4. The number of hydrogen-bond acceptors (Lipinski definition) is 3. The fraction of sp³-hybridized carbons (Fsp3) is 0.368. The number of fused-ring (bicyclic) bond motifs is 2. The predicted molar refractivity (Wildman–Crippen MR) is 91.9 cm³/mol. The number of para-hydroxylation sites is 2. The number of nitrogens with zero attached hydrogens (tertiary/aromatic N) is 2. The molecule has 1 heterocycles. The van der Waals surface area contributed by atoms with Crippen molar-refractivity contribution in [2.24, 2.45) is 0 Å². The smallest absolute Gasteiger partial charge is 0.0845 e. The SMILES string of the molecule is CN(C)C[C@@H](O)CN1c2ccccc2CCc2ccccc21. The zero-order chi connectivity index (χ0) is 15.5. The van der Waals surface area contributed by atoms with E-state index in [9.17, 15) is 5.11 Å². The highest BCUT2D eigenvalue weighted by molar-refractivity contribution is 5.71. The van der Waals surface area contributed by atoms with E-state index < -0.39 is 0 Å². The summed E-state index contributed by atoms with van der Waals surface area (Å²) in [4.78, 5) is 4.31. The Morgan fingerprint density at radius 1 is 0.955 bits per heavy atom. The molecule has 3 rings (SSSR count). The summed E-state index contributed by atoms with van der Waals surface area (Å²) >= 11 is 0. The molecule has 1 aliphatic heterocycles. The van der Waals surface area contributed by atoms with Gasteiger partial charge in [-0.25, -0.2) is 0 Å². The number of benzene rings is 2. The highest BCUT2D eigenvalue weighted by Gasteiger charge is 2.22. The van der Waals surface area contributed by atoms with Crippen molar-refractivity contribution in [2.75, 3.05) is 32.1 Å². The van der Waals surface area contributed by atoms with Crippen LogP contribution in [-0.4, -0.2) is 43.3 Å². The van der Waals surface area contributed by atoms with Crippen molar-refractivity contribution in [1.29, 1.82) is 0 Å². The fourth-order valence-corrected chi connectivity index (χ4v) is 3.26. The zero-order valence-electron chi connectivity index (χ0n) is 13.4. The molecule has 0 bridgehead atoms. The Labute approximate surface area is 132 Å². The van der Waals surface area contributed by atoms with E-state index >= 15 is 0 Å². The van der Waals surface area contributed by atoms with Gasteiger partial charge >= 0.3 is 0 Å². The molecule has 0 radical (unpaired) electrons. The van der Waals surface area contributed by atoms with Crippen LogP contribution in [0.15, 0.2) is 48.5 Å². The monoisotopic (exact) mass is 296 g/mol. The molecule has 0 spiro atoms. The number of anilines is 2. The van der Waals surface area contributed by atoms with E-state index in [1.54, 1.807) is 0 Å². The van der Waals surface area contributed by atoms with Crippen molar-refractivity contribution in [1.82, 2.24) is 4.90 Å². The molecule has 0 unspecified atom stereocenters. The first-order chi connectivity index (χ1) is 10.6. The topological polar surface area (TPSA) is 26.7 Å². The maximum Gasteiger partial charge on any atom is 0.0845 e. The average Bonchev–Trinajstić information content (AvgIpc) is 2.65. The van der Waals surface area contributed by atoms with E-state index in [0.717, 1.165) is 12.8 Å². The summed E-state index contributed by atoms with van der Waals surface area (Å²) < 4.78 is 0. The van der Waals surface area contributed by atoms with E-state index in [-0.39, 0.29) is 6.10 Å². The standard InChI is InChI=1S/C19H24N2O/c1-20(2)13-17(22)14-21-18-9-5-3-7-15(18)11-12-16-8-4-6-10-19(16)21/h3-10,17,22H,11-14H2,1-2H3/t17-/m1/s1. The molecule has 116 valence electrons. The van der Waals surface area contributed by atoms with E-state index in [1.807, 2.05) is 19.0 Å². The largest absolute Gasteiger partial charge is 0.390 e. The van der Waals surface area contributed by atoms with Gasteiger partial charge in [-0.05, 0) is 50.2 Å². The molecule has 22 heavy (non-hydrogen) atoms. The molecule has 0 aromatic heterocycles. The van der Waals surface area contributed by atoms with Crippen LogP contribution in [0.4, 0.5) is 11.4 Å². The molecule has 1 N–H and O–H groups in total. The van der Waals surface area contributed by atoms with Gasteiger partial charge < -0.3 is 14.9 Å². The van der Waals surface area contributed by atoms with Gasteiger partial charge in [0.1, 0.15) is 0 Å². The second-order valence-corrected chi connectivity index (χ2v) is 6.28. The zero-order valence-corrected chi connectivity index (χ0v) is 13.4. The lowest BCUT2D eigenvalue weighted by Gasteiger charge is -2.30. The summed E-state index contributed by atoms with van der Waals surface area (Å²) in [6.45, 7) is 1.28. The van der Waals surface area contributed by atoms with E-state index in [4.69, 9.17) is 0 Å². The molecule has 3 heteroatoms. The summed E-state index contributed by atoms with van der Waals surface area (Å²) in [6.07, 6.45) is 1.72. The van der Waals surface area contributed by atoms with Gasteiger partial charge in [0.15, 0.2) is 0 Å².